The van der Waals surface area contributed by atoms with Crippen molar-refractivity contribution in [2.45, 2.75) is 26.4 Å². The van der Waals surface area contributed by atoms with E-state index in [2.05, 4.69) is 6.58 Å². The molecule has 13 heavy (non-hydrogen) atoms. The molecule has 0 radical (unpaired) electrons. The first-order chi connectivity index (χ1) is 5.81. The van der Waals surface area contributed by atoms with Crippen molar-refractivity contribution >= 4 is 12.0 Å². The Morgan fingerprint density at radius 1 is 1.54 bits per heavy atom. The number of ether oxygens (including phenoxy) is 1. The standard InChI is InChI=1S/C9H13NO3/c1-6-5-10(7(6)11)8(12)13-9(2,3)4/h1,5H2,2-4H3. The van der Waals surface area contributed by atoms with Crippen molar-refractivity contribution in [2.75, 3.05) is 6.54 Å². The average Bonchev–Trinajstić information content (AvgIpc) is 1.95. The topological polar surface area (TPSA) is 46.6 Å². The SMILES string of the molecule is C=C1CN(C(=O)OC(C)(C)C)C1=O. The van der Waals surface area contributed by atoms with Gasteiger partial charge in [0.2, 0.25) is 0 Å². The predicted octanol–water partition coefficient (Wildman–Crippen LogP) is 1.32. The van der Waals surface area contributed by atoms with Gasteiger partial charge in [-0.2, -0.15) is 0 Å². The average molecular weight is 183 g/mol. The summed E-state index contributed by atoms with van der Waals surface area (Å²) < 4.78 is 4.99. The Balaban J connectivity index is 2.52. The summed E-state index contributed by atoms with van der Waals surface area (Å²) in [5.41, 5.74) is -0.111. The highest BCUT2D eigenvalue weighted by atomic mass is 16.6. The number of carbonyl (C=O) groups is 2. The molecule has 0 aromatic rings. The number of β-lactam (4-membered cyclic amide) rings is 1. The number of imide groups is 1. The molecular formula is C9H13NO3. The van der Waals surface area contributed by atoms with Crippen LogP contribution in [-0.4, -0.2) is 29.0 Å². The molecule has 2 amide bonds. The van der Waals surface area contributed by atoms with E-state index in [4.69, 9.17) is 4.74 Å². The molecule has 0 bridgehead atoms. The van der Waals surface area contributed by atoms with Crippen molar-refractivity contribution in [3.8, 4) is 0 Å². The molecule has 0 atom stereocenters. The predicted molar refractivity (Wildman–Crippen MR) is 47.1 cm³/mol. The summed E-state index contributed by atoms with van der Waals surface area (Å²) in [5, 5.41) is 0. The zero-order valence-corrected chi connectivity index (χ0v) is 8.09. The van der Waals surface area contributed by atoms with Crippen LogP contribution in [0.4, 0.5) is 4.79 Å². The van der Waals surface area contributed by atoms with Gasteiger partial charge in [0.1, 0.15) is 5.60 Å². The van der Waals surface area contributed by atoms with Crippen LogP contribution in [0.25, 0.3) is 0 Å². The summed E-state index contributed by atoms with van der Waals surface area (Å²) >= 11 is 0. The van der Waals surface area contributed by atoms with Gasteiger partial charge < -0.3 is 4.74 Å². The summed E-state index contributed by atoms with van der Waals surface area (Å²) in [6.07, 6.45) is -0.593. The number of nitrogens with zero attached hydrogens (tertiary/aromatic N) is 1. The monoisotopic (exact) mass is 183 g/mol. The second-order valence-corrected chi connectivity index (χ2v) is 3.98. The fourth-order valence-electron chi connectivity index (χ4n) is 0.894. The fourth-order valence-corrected chi connectivity index (χ4v) is 0.894. The highest BCUT2D eigenvalue weighted by molar-refractivity contribution is 6.08. The van der Waals surface area contributed by atoms with E-state index in [-0.39, 0.29) is 12.5 Å². The Hall–Kier alpha value is -1.32. The van der Waals surface area contributed by atoms with Gasteiger partial charge in [0.15, 0.2) is 0 Å². The van der Waals surface area contributed by atoms with Crippen LogP contribution in [0.15, 0.2) is 12.2 Å². The van der Waals surface area contributed by atoms with Gasteiger partial charge in [0.05, 0.1) is 6.54 Å². The molecule has 1 fully saturated rings. The summed E-state index contributed by atoms with van der Waals surface area (Å²) in [6.45, 7) is 9.02. The Bertz CT molecular complexity index is 275. The second kappa shape index (κ2) is 2.87. The first-order valence-electron chi connectivity index (χ1n) is 4.04. The minimum absolute atomic E-state index is 0.285. The normalized spacial score (nSPS) is 17.0. The minimum Gasteiger partial charge on any atom is -0.443 e. The molecule has 1 aliphatic heterocycles. The quantitative estimate of drug-likeness (QED) is 0.420. The number of rotatable bonds is 0. The number of amides is 2. The van der Waals surface area contributed by atoms with E-state index in [0.717, 1.165) is 4.90 Å². The summed E-state index contributed by atoms with van der Waals surface area (Å²) in [6, 6.07) is 0. The van der Waals surface area contributed by atoms with Gasteiger partial charge in [-0.15, -0.1) is 0 Å². The van der Waals surface area contributed by atoms with Gasteiger partial charge in [0, 0.05) is 5.57 Å². The van der Waals surface area contributed by atoms with Crippen molar-refractivity contribution in [1.82, 2.24) is 4.90 Å². The molecule has 1 rings (SSSR count). The Labute approximate surface area is 77.2 Å². The van der Waals surface area contributed by atoms with Crippen LogP contribution in [0.5, 0.6) is 0 Å². The van der Waals surface area contributed by atoms with E-state index in [0.29, 0.717) is 5.57 Å². The molecular weight excluding hydrogens is 170 g/mol. The van der Waals surface area contributed by atoms with Crippen molar-refractivity contribution in [3.63, 3.8) is 0 Å². The lowest BCUT2D eigenvalue weighted by molar-refractivity contribution is -0.131. The van der Waals surface area contributed by atoms with Crippen molar-refractivity contribution < 1.29 is 14.3 Å². The van der Waals surface area contributed by atoms with Gasteiger partial charge in [-0.3, -0.25) is 4.79 Å². The van der Waals surface area contributed by atoms with Crippen LogP contribution in [0.3, 0.4) is 0 Å². The molecule has 0 spiro atoms. The molecule has 0 aromatic heterocycles. The molecule has 0 aliphatic carbocycles. The zero-order valence-electron chi connectivity index (χ0n) is 8.09. The van der Waals surface area contributed by atoms with Crippen LogP contribution in [-0.2, 0) is 9.53 Å². The Morgan fingerprint density at radius 2 is 2.08 bits per heavy atom. The molecule has 0 N–H and O–H groups in total. The van der Waals surface area contributed by atoms with E-state index >= 15 is 0 Å². The van der Waals surface area contributed by atoms with E-state index in [1.807, 2.05) is 0 Å². The maximum Gasteiger partial charge on any atom is 0.417 e. The molecule has 1 saturated heterocycles. The van der Waals surface area contributed by atoms with Gasteiger partial charge >= 0.3 is 6.09 Å². The van der Waals surface area contributed by atoms with Crippen LogP contribution in [0.1, 0.15) is 20.8 Å². The van der Waals surface area contributed by atoms with Gasteiger partial charge in [0.25, 0.3) is 5.91 Å². The molecule has 4 heteroatoms. The van der Waals surface area contributed by atoms with Gasteiger partial charge in [-0.1, -0.05) is 6.58 Å². The van der Waals surface area contributed by atoms with Gasteiger partial charge in [-0.25, -0.2) is 9.69 Å². The molecule has 0 unspecified atom stereocenters. The van der Waals surface area contributed by atoms with E-state index in [1.54, 1.807) is 20.8 Å². The van der Waals surface area contributed by atoms with Crippen LogP contribution in [0.2, 0.25) is 0 Å². The van der Waals surface area contributed by atoms with Crippen molar-refractivity contribution in [2.24, 2.45) is 0 Å². The Kier molecular flexibility index (Phi) is 2.15. The minimum atomic E-state index is -0.593. The molecule has 1 heterocycles. The third-order valence-electron chi connectivity index (χ3n) is 1.51. The largest absolute Gasteiger partial charge is 0.443 e. The number of hydrogen-bond acceptors (Lipinski definition) is 3. The van der Waals surface area contributed by atoms with E-state index in [9.17, 15) is 9.59 Å². The lowest BCUT2D eigenvalue weighted by Gasteiger charge is -2.32. The van der Waals surface area contributed by atoms with Crippen LogP contribution < -0.4 is 0 Å². The molecule has 72 valence electrons. The third kappa shape index (κ3) is 2.08. The summed E-state index contributed by atoms with van der Waals surface area (Å²) in [7, 11) is 0. The zero-order chi connectivity index (χ0) is 10.2. The fraction of sp³-hybridized carbons (Fsp3) is 0.556. The number of carbonyl (C=O) groups excluding carboxylic acids is 2. The third-order valence-corrected chi connectivity index (χ3v) is 1.51. The van der Waals surface area contributed by atoms with E-state index in [1.165, 1.54) is 0 Å². The maximum absolute atomic E-state index is 11.2. The molecule has 4 nitrogen and oxygen atoms in total. The summed E-state index contributed by atoms with van der Waals surface area (Å²) in [4.78, 5) is 23.3. The lowest BCUT2D eigenvalue weighted by Crippen LogP contribution is -2.51. The van der Waals surface area contributed by atoms with Gasteiger partial charge in [-0.05, 0) is 20.8 Å². The lowest BCUT2D eigenvalue weighted by atomic mass is 10.1. The first-order valence-corrected chi connectivity index (χ1v) is 4.04. The molecule has 0 saturated carbocycles. The van der Waals surface area contributed by atoms with Crippen LogP contribution in [0, 0.1) is 0 Å². The van der Waals surface area contributed by atoms with E-state index < -0.39 is 11.7 Å². The first kappa shape index (κ1) is 9.77. The molecule has 0 aromatic carbocycles. The number of likely N-dealkylation sites (tertiary alicyclic amines) is 1. The highest BCUT2D eigenvalue weighted by Gasteiger charge is 2.36. The number of hydrogen-bond donors (Lipinski definition) is 0. The van der Waals surface area contributed by atoms with Crippen molar-refractivity contribution in [1.29, 1.82) is 0 Å². The Morgan fingerprint density at radius 3 is 2.38 bits per heavy atom. The summed E-state index contributed by atoms with van der Waals surface area (Å²) in [5.74, 6) is -0.339. The van der Waals surface area contributed by atoms with Crippen LogP contribution >= 0.6 is 0 Å². The molecule has 1 aliphatic rings. The second-order valence-electron chi connectivity index (χ2n) is 3.98. The smallest absolute Gasteiger partial charge is 0.417 e. The van der Waals surface area contributed by atoms with Crippen molar-refractivity contribution in [3.05, 3.63) is 12.2 Å². The maximum atomic E-state index is 11.2. The highest BCUT2D eigenvalue weighted by Crippen LogP contribution is 2.18.